The molecule has 1 rings (SSSR count). The summed E-state index contributed by atoms with van der Waals surface area (Å²) in [6.07, 6.45) is 0.210. The zero-order valence-electron chi connectivity index (χ0n) is 10.3. The fourth-order valence-corrected chi connectivity index (χ4v) is 1.56. The Labute approximate surface area is 107 Å². The molecule has 2 atom stereocenters. The third-order valence-electron chi connectivity index (χ3n) is 3.11. The fraction of sp³-hybridized carbons (Fsp3) is 0.538. The monoisotopic (exact) mass is 257 g/mol. The molecule has 0 aromatic heterocycles. The first-order chi connectivity index (χ1) is 8.00. The van der Waals surface area contributed by atoms with E-state index in [0.717, 1.165) is 12.0 Å². The van der Waals surface area contributed by atoms with Crippen molar-refractivity contribution in [2.45, 2.75) is 31.9 Å². The van der Waals surface area contributed by atoms with E-state index >= 15 is 0 Å². The minimum Gasteiger partial charge on any atom is -0.394 e. The molecule has 3 nitrogen and oxygen atoms in total. The van der Waals surface area contributed by atoms with Crippen molar-refractivity contribution in [1.82, 2.24) is 5.32 Å². The zero-order chi connectivity index (χ0) is 12.9. The lowest BCUT2D eigenvalue weighted by atomic mass is 9.99. The van der Waals surface area contributed by atoms with Gasteiger partial charge in [-0.15, -0.1) is 0 Å². The molecule has 0 spiro atoms. The summed E-state index contributed by atoms with van der Waals surface area (Å²) in [6.45, 7) is 4.39. The van der Waals surface area contributed by atoms with Crippen LogP contribution in [0.15, 0.2) is 24.3 Å². The molecule has 0 radical (unpaired) electrons. The van der Waals surface area contributed by atoms with Gasteiger partial charge in [0.2, 0.25) is 0 Å². The molecule has 0 aliphatic rings. The Balaban J connectivity index is 2.55. The lowest BCUT2D eigenvalue weighted by Crippen LogP contribution is -2.46. The first kappa shape index (κ1) is 14.5. The predicted octanol–water partition coefficient (Wildman–Crippen LogP) is 2.12. The van der Waals surface area contributed by atoms with Crippen molar-refractivity contribution in [1.29, 1.82) is 0 Å². The highest BCUT2D eigenvalue weighted by Gasteiger charge is 2.21. The van der Waals surface area contributed by atoms with Gasteiger partial charge in [0.1, 0.15) is 0 Å². The highest BCUT2D eigenvalue weighted by atomic mass is 35.5. The molecule has 0 saturated heterocycles. The zero-order valence-corrected chi connectivity index (χ0v) is 11.0. The number of hydrogen-bond donors (Lipinski definition) is 3. The standard InChI is InChI=1S/C13H20ClNO2/c1-3-13(2,9-16)15-8-12(17)10-4-6-11(14)7-5-10/h4-7,12,15-17H,3,8-9H2,1-2H3. The van der Waals surface area contributed by atoms with Crippen molar-refractivity contribution in [3.63, 3.8) is 0 Å². The summed E-state index contributed by atoms with van der Waals surface area (Å²) in [5.74, 6) is 0. The molecule has 1 aromatic rings. The van der Waals surface area contributed by atoms with Gasteiger partial charge in [-0.25, -0.2) is 0 Å². The van der Waals surface area contributed by atoms with Gasteiger partial charge in [0.05, 0.1) is 12.7 Å². The molecule has 1 aromatic carbocycles. The molecule has 0 saturated carbocycles. The number of hydrogen-bond acceptors (Lipinski definition) is 3. The Kier molecular flexibility index (Phi) is 5.40. The van der Waals surface area contributed by atoms with E-state index in [1.165, 1.54) is 0 Å². The highest BCUT2D eigenvalue weighted by Crippen LogP contribution is 2.17. The van der Waals surface area contributed by atoms with Crippen LogP contribution in [-0.4, -0.2) is 28.9 Å². The smallest absolute Gasteiger partial charge is 0.0914 e. The number of rotatable bonds is 6. The quantitative estimate of drug-likeness (QED) is 0.732. The predicted molar refractivity (Wildman–Crippen MR) is 70.2 cm³/mol. The lowest BCUT2D eigenvalue weighted by Gasteiger charge is -2.28. The van der Waals surface area contributed by atoms with Crippen molar-refractivity contribution < 1.29 is 10.2 Å². The fourth-order valence-electron chi connectivity index (χ4n) is 1.44. The summed E-state index contributed by atoms with van der Waals surface area (Å²) in [5.41, 5.74) is 0.478. The Morgan fingerprint density at radius 1 is 1.35 bits per heavy atom. The molecule has 3 N–H and O–H groups in total. The van der Waals surface area contributed by atoms with Gasteiger partial charge in [-0.3, -0.25) is 0 Å². The normalized spacial score (nSPS) is 16.5. The van der Waals surface area contributed by atoms with E-state index in [-0.39, 0.29) is 12.1 Å². The van der Waals surface area contributed by atoms with Crippen molar-refractivity contribution in [2.75, 3.05) is 13.2 Å². The van der Waals surface area contributed by atoms with Gasteiger partial charge >= 0.3 is 0 Å². The maximum atomic E-state index is 9.98. The van der Waals surface area contributed by atoms with Crippen LogP contribution in [0.25, 0.3) is 0 Å². The van der Waals surface area contributed by atoms with Gasteiger partial charge in [-0.2, -0.15) is 0 Å². The number of aliphatic hydroxyl groups excluding tert-OH is 2. The van der Waals surface area contributed by atoms with Crippen molar-refractivity contribution in [3.8, 4) is 0 Å². The molecule has 0 amide bonds. The maximum absolute atomic E-state index is 9.98. The van der Waals surface area contributed by atoms with Gasteiger partial charge in [0.15, 0.2) is 0 Å². The van der Waals surface area contributed by atoms with Gasteiger partial charge in [-0.05, 0) is 31.0 Å². The van der Waals surface area contributed by atoms with Crippen LogP contribution in [0.5, 0.6) is 0 Å². The van der Waals surface area contributed by atoms with Crippen LogP contribution >= 0.6 is 11.6 Å². The average molecular weight is 258 g/mol. The first-order valence-corrected chi connectivity index (χ1v) is 6.18. The van der Waals surface area contributed by atoms with E-state index in [4.69, 9.17) is 11.6 Å². The summed E-state index contributed by atoms with van der Waals surface area (Å²) in [4.78, 5) is 0. The second-order valence-electron chi connectivity index (χ2n) is 4.52. The van der Waals surface area contributed by atoms with Crippen molar-refractivity contribution >= 4 is 11.6 Å². The minimum absolute atomic E-state index is 0.0524. The molecule has 0 aliphatic heterocycles. The third kappa shape index (κ3) is 4.28. The van der Waals surface area contributed by atoms with Crippen LogP contribution < -0.4 is 5.32 Å². The van der Waals surface area contributed by atoms with Gasteiger partial charge < -0.3 is 15.5 Å². The molecule has 0 aliphatic carbocycles. The topological polar surface area (TPSA) is 52.5 Å². The Morgan fingerprint density at radius 3 is 2.41 bits per heavy atom. The summed E-state index contributed by atoms with van der Waals surface area (Å²) < 4.78 is 0. The number of aliphatic hydroxyl groups is 2. The Bertz CT molecular complexity index is 336. The molecular weight excluding hydrogens is 238 g/mol. The number of halogens is 1. The van der Waals surface area contributed by atoms with Crippen LogP contribution in [0.1, 0.15) is 31.9 Å². The molecule has 0 bridgehead atoms. The van der Waals surface area contributed by atoms with Crippen molar-refractivity contribution in [2.24, 2.45) is 0 Å². The maximum Gasteiger partial charge on any atom is 0.0914 e. The second kappa shape index (κ2) is 6.36. The van der Waals surface area contributed by atoms with Crippen LogP contribution in [0, 0.1) is 0 Å². The van der Waals surface area contributed by atoms with Crippen LogP contribution in [0.4, 0.5) is 0 Å². The van der Waals surface area contributed by atoms with Crippen LogP contribution in [0.3, 0.4) is 0 Å². The molecular formula is C13H20ClNO2. The van der Waals surface area contributed by atoms with Crippen molar-refractivity contribution in [3.05, 3.63) is 34.9 Å². The SMILES string of the molecule is CCC(C)(CO)NCC(O)c1ccc(Cl)cc1. The number of β-amino-alcohol motifs (C(OH)–C–C–N with tert-alkyl or cyclic N) is 1. The Morgan fingerprint density at radius 2 is 1.94 bits per heavy atom. The molecule has 4 heteroatoms. The summed E-state index contributed by atoms with van der Waals surface area (Å²) in [7, 11) is 0. The van der Waals surface area contributed by atoms with Gasteiger partial charge in [0.25, 0.3) is 0 Å². The van der Waals surface area contributed by atoms with Crippen LogP contribution in [-0.2, 0) is 0 Å². The average Bonchev–Trinajstić information content (AvgIpc) is 2.36. The van der Waals surface area contributed by atoms with E-state index in [0.29, 0.717) is 11.6 Å². The number of nitrogens with one attached hydrogen (secondary N) is 1. The largest absolute Gasteiger partial charge is 0.394 e. The first-order valence-electron chi connectivity index (χ1n) is 5.80. The molecule has 2 unspecified atom stereocenters. The number of benzene rings is 1. The minimum atomic E-state index is -0.593. The molecule has 0 fully saturated rings. The van der Waals surface area contributed by atoms with E-state index < -0.39 is 6.10 Å². The van der Waals surface area contributed by atoms with Gasteiger partial charge in [-0.1, -0.05) is 30.7 Å². The van der Waals surface area contributed by atoms with Crippen LogP contribution in [0.2, 0.25) is 5.02 Å². The van der Waals surface area contributed by atoms with E-state index in [9.17, 15) is 10.2 Å². The highest BCUT2D eigenvalue weighted by molar-refractivity contribution is 6.30. The van der Waals surface area contributed by atoms with Gasteiger partial charge in [0, 0.05) is 17.1 Å². The summed E-state index contributed by atoms with van der Waals surface area (Å²) >= 11 is 5.78. The Hall–Kier alpha value is -0.610. The molecule has 96 valence electrons. The van der Waals surface area contributed by atoms with E-state index in [1.54, 1.807) is 24.3 Å². The summed E-state index contributed by atoms with van der Waals surface area (Å²) in [5, 5.41) is 23.1. The van der Waals surface area contributed by atoms with E-state index in [2.05, 4.69) is 5.32 Å². The molecule has 17 heavy (non-hydrogen) atoms. The third-order valence-corrected chi connectivity index (χ3v) is 3.36. The molecule has 0 heterocycles. The summed E-state index contributed by atoms with van der Waals surface area (Å²) in [6, 6.07) is 7.12. The lowest BCUT2D eigenvalue weighted by molar-refractivity contribution is 0.126. The second-order valence-corrected chi connectivity index (χ2v) is 4.96. The van der Waals surface area contributed by atoms with E-state index in [1.807, 2.05) is 13.8 Å².